The fourth-order valence-corrected chi connectivity index (χ4v) is 5.20. The van der Waals surface area contributed by atoms with Gasteiger partial charge in [-0.3, -0.25) is 4.79 Å². The number of benzene rings is 2. The van der Waals surface area contributed by atoms with Gasteiger partial charge in [-0.15, -0.1) is 11.3 Å². The molecule has 182 valence electrons. The zero-order chi connectivity index (χ0) is 25.1. The topological polar surface area (TPSA) is 76.5 Å². The molecule has 4 rings (SSSR count). The Bertz CT molecular complexity index is 1360. The summed E-state index contributed by atoms with van der Waals surface area (Å²) in [7, 11) is 0. The maximum Gasteiger partial charge on any atom is 0.348 e. The Kier molecular flexibility index (Phi) is 7.42. The number of hydrogen-bond donors (Lipinski definition) is 1. The van der Waals surface area contributed by atoms with Crippen LogP contribution in [0.5, 0.6) is 0 Å². The molecule has 0 saturated heterocycles. The van der Waals surface area contributed by atoms with E-state index < -0.39 is 11.9 Å². The first-order valence-corrected chi connectivity index (χ1v) is 12.6. The number of carbonyl (C=O) groups is 2. The van der Waals surface area contributed by atoms with Crippen molar-refractivity contribution < 1.29 is 14.3 Å². The van der Waals surface area contributed by atoms with Gasteiger partial charge in [0, 0.05) is 29.3 Å². The zero-order valence-electron chi connectivity index (χ0n) is 20.0. The Morgan fingerprint density at radius 3 is 2.54 bits per heavy atom. The maximum atomic E-state index is 12.7. The fourth-order valence-electron chi connectivity index (χ4n) is 3.92. The Labute approximate surface area is 213 Å². The summed E-state index contributed by atoms with van der Waals surface area (Å²) in [4.78, 5) is 28.5. The highest BCUT2D eigenvalue weighted by molar-refractivity contribution is 7.20. The highest BCUT2D eigenvalue weighted by Crippen LogP contribution is 2.32. The van der Waals surface area contributed by atoms with Crippen LogP contribution in [-0.2, 0) is 9.53 Å². The van der Waals surface area contributed by atoms with Crippen LogP contribution in [0, 0.1) is 6.92 Å². The summed E-state index contributed by atoms with van der Waals surface area (Å²) in [6.07, 6.45) is 0. The smallest absolute Gasteiger partial charge is 0.348 e. The highest BCUT2D eigenvalue weighted by Gasteiger charge is 2.20. The number of para-hydroxylation sites is 1. The lowest BCUT2D eigenvalue weighted by molar-refractivity contribution is -0.119. The molecule has 0 atom stereocenters. The van der Waals surface area contributed by atoms with Crippen LogP contribution in [-0.4, -0.2) is 40.9 Å². The maximum absolute atomic E-state index is 12.7. The molecular formula is C26H27ClN4O3S. The molecule has 0 saturated carbocycles. The lowest BCUT2D eigenvalue weighted by atomic mass is 10.2. The van der Waals surface area contributed by atoms with Crippen molar-refractivity contribution in [2.75, 3.05) is 23.4 Å². The van der Waals surface area contributed by atoms with Gasteiger partial charge in [-0.05, 0) is 70.2 Å². The van der Waals surface area contributed by atoms with Crippen LogP contribution in [0.1, 0.15) is 36.1 Å². The molecule has 0 spiro atoms. The Hall–Kier alpha value is -3.36. The lowest BCUT2D eigenvalue weighted by Crippen LogP contribution is -2.30. The number of anilines is 2. The average Bonchev–Trinajstić information content (AvgIpc) is 3.40. The zero-order valence-corrected chi connectivity index (χ0v) is 21.6. The van der Waals surface area contributed by atoms with E-state index in [1.54, 1.807) is 16.8 Å². The first-order chi connectivity index (χ1) is 16.8. The van der Waals surface area contributed by atoms with Crippen molar-refractivity contribution >= 4 is 56.4 Å². The van der Waals surface area contributed by atoms with Gasteiger partial charge < -0.3 is 15.0 Å². The van der Waals surface area contributed by atoms with Gasteiger partial charge in [0.25, 0.3) is 5.91 Å². The average molecular weight is 511 g/mol. The predicted molar refractivity (Wildman–Crippen MR) is 142 cm³/mol. The van der Waals surface area contributed by atoms with E-state index in [2.05, 4.69) is 36.1 Å². The van der Waals surface area contributed by atoms with E-state index in [0.29, 0.717) is 21.6 Å². The van der Waals surface area contributed by atoms with E-state index in [-0.39, 0.29) is 6.61 Å². The summed E-state index contributed by atoms with van der Waals surface area (Å²) in [5.41, 5.74) is 3.24. The molecule has 0 aliphatic carbocycles. The van der Waals surface area contributed by atoms with Gasteiger partial charge in [-0.2, -0.15) is 5.10 Å². The van der Waals surface area contributed by atoms with Crippen LogP contribution >= 0.6 is 22.9 Å². The molecule has 2 aromatic carbocycles. The number of aryl methyl sites for hydroxylation is 1. The third-order valence-electron chi connectivity index (χ3n) is 5.61. The summed E-state index contributed by atoms with van der Waals surface area (Å²) in [5, 5.41) is 8.73. The minimum absolute atomic E-state index is 0.377. The summed E-state index contributed by atoms with van der Waals surface area (Å²) in [6.45, 7) is 8.77. The van der Waals surface area contributed by atoms with Crippen molar-refractivity contribution in [2.24, 2.45) is 0 Å². The largest absolute Gasteiger partial charge is 0.451 e. The van der Waals surface area contributed by atoms with Crippen LogP contribution in [0.3, 0.4) is 0 Å². The SMILES string of the molecule is CCN(c1ccc(NC(=O)COC(=O)c2cc3c(C)nn(-c4ccccc4Cl)c3s2)cc1)C(C)C. The first-order valence-electron chi connectivity index (χ1n) is 11.4. The number of amides is 1. The number of fused-ring (bicyclic) bond motifs is 1. The van der Waals surface area contributed by atoms with Crippen molar-refractivity contribution in [1.82, 2.24) is 9.78 Å². The second-order valence-corrected chi connectivity index (χ2v) is 9.77. The molecule has 0 aliphatic rings. The number of aromatic nitrogens is 2. The van der Waals surface area contributed by atoms with Gasteiger partial charge in [-0.25, -0.2) is 9.48 Å². The third kappa shape index (κ3) is 5.33. The van der Waals surface area contributed by atoms with E-state index in [1.165, 1.54) is 11.3 Å². The van der Waals surface area contributed by atoms with Crippen molar-refractivity contribution in [2.45, 2.75) is 33.7 Å². The van der Waals surface area contributed by atoms with Crippen LogP contribution < -0.4 is 10.2 Å². The normalized spacial score (nSPS) is 11.1. The second kappa shape index (κ2) is 10.5. The van der Waals surface area contributed by atoms with Crippen LogP contribution in [0.4, 0.5) is 11.4 Å². The number of hydrogen-bond acceptors (Lipinski definition) is 6. The van der Waals surface area contributed by atoms with Crippen LogP contribution in [0.15, 0.2) is 54.6 Å². The predicted octanol–water partition coefficient (Wildman–Crippen LogP) is 6.08. The summed E-state index contributed by atoms with van der Waals surface area (Å²) < 4.78 is 7.00. The quantitative estimate of drug-likeness (QED) is 0.291. The van der Waals surface area contributed by atoms with E-state index in [0.717, 1.165) is 33.8 Å². The van der Waals surface area contributed by atoms with Gasteiger partial charge in [0.05, 0.1) is 16.4 Å². The Morgan fingerprint density at radius 1 is 1.17 bits per heavy atom. The molecular weight excluding hydrogens is 484 g/mol. The molecule has 0 unspecified atom stereocenters. The minimum atomic E-state index is -0.558. The lowest BCUT2D eigenvalue weighted by Gasteiger charge is -2.27. The summed E-state index contributed by atoms with van der Waals surface area (Å²) >= 11 is 7.59. The Balaban J connectivity index is 1.40. The molecule has 2 aromatic heterocycles. The van der Waals surface area contributed by atoms with Crippen LogP contribution in [0.2, 0.25) is 5.02 Å². The monoisotopic (exact) mass is 510 g/mol. The van der Waals surface area contributed by atoms with Gasteiger partial charge in [0.2, 0.25) is 0 Å². The number of nitrogens with one attached hydrogen (secondary N) is 1. The molecule has 1 N–H and O–H groups in total. The van der Waals surface area contributed by atoms with Gasteiger partial charge in [0.1, 0.15) is 9.71 Å². The molecule has 0 bridgehead atoms. The molecule has 1 amide bonds. The second-order valence-electron chi connectivity index (χ2n) is 8.33. The standard InChI is InChI=1S/C26H27ClN4O3S/c1-5-30(16(2)3)19-12-10-18(11-13-19)28-24(32)15-34-26(33)23-14-20-17(4)29-31(25(20)35-23)22-9-7-6-8-21(22)27/h6-14,16H,5,15H2,1-4H3,(H,28,32). The molecule has 0 aliphatic heterocycles. The molecule has 0 radical (unpaired) electrons. The van der Waals surface area contributed by atoms with E-state index in [1.807, 2.05) is 49.4 Å². The first kappa shape index (κ1) is 24.8. The van der Waals surface area contributed by atoms with Crippen molar-refractivity contribution in [1.29, 1.82) is 0 Å². The Morgan fingerprint density at radius 2 is 1.89 bits per heavy atom. The number of ether oxygens (including phenoxy) is 1. The molecule has 2 heterocycles. The van der Waals surface area contributed by atoms with Gasteiger partial charge >= 0.3 is 5.97 Å². The highest BCUT2D eigenvalue weighted by atomic mass is 35.5. The van der Waals surface area contributed by atoms with Gasteiger partial charge in [-0.1, -0.05) is 23.7 Å². The number of halogens is 1. The molecule has 0 fully saturated rings. The third-order valence-corrected chi connectivity index (χ3v) is 7.02. The number of carbonyl (C=O) groups excluding carboxylic acids is 2. The van der Waals surface area contributed by atoms with Crippen molar-refractivity contribution in [3.63, 3.8) is 0 Å². The number of esters is 1. The summed E-state index contributed by atoms with van der Waals surface area (Å²) in [5.74, 6) is -0.959. The van der Waals surface area contributed by atoms with Gasteiger partial charge in [0.15, 0.2) is 6.61 Å². The fraction of sp³-hybridized carbons (Fsp3) is 0.269. The number of nitrogens with zero attached hydrogens (tertiary/aromatic N) is 3. The minimum Gasteiger partial charge on any atom is -0.451 e. The number of rotatable bonds is 8. The number of thiophene rings is 1. The molecule has 35 heavy (non-hydrogen) atoms. The van der Waals surface area contributed by atoms with Crippen LogP contribution in [0.25, 0.3) is 15.9 Å². The van der Waals surface area contributed by atoms with E-state index in [9.17, 15) is 9.59 Å². The summed E-state index contributed by atoms with van der Waals surface area (Å²) in [6, 6.07) is 17.1. The van der Waals surface area contributed by atoms with Crippen molar-refractivity contribution in [3.8, 4) is 5.69 Å². The molecule has 4 aromatic rings. The van der Waals surface area contributed by atoms with E-state index >= 15 is 0 Å². The van der Waals surface area contributed by atoms with E-state index in [4.69, 9.17) is 16.3 Å². The molecule has 9 heteroatoms. The molecule has 7 nitrogen and oxygen atoms in total. The van der Waals surface area contributed by atoms with Crippen molar-refractivity contribution in [3.05, 3.63) is 70.2 Å².